The zero-order valence-electron chi connectivity index (χ0n) is 13.2. The van der Waals surface area contributed by atoms with Gasteiger partial charge in [0.25, 0.3) is 0 Å². The number of carboxylic acids is 1. The third-order valence-corrected chi connectivity index (χ3v) is 4.85. The molecule has 3 N–H and O–H groups in total. The summed E-state index contributed by atoms with van der Waals surface area (Å²) in [5.74, 6) is -1.01. The molecule has 2 rings (SSSR count). The van der Waals surface area contributed by atoms with Crippen LogP contribution in [0.15, 0.2) is 18.2 Å². The number of hydrogen-bond donors (Lipinski definition) is 2. The van der Waals surface area contributed by atoms with Gasteiger partial charge in [0.05, 0.1) is 25.2 Å². The Morgan fingerprint density at radius 1 is 1.42 bits per heavy atom. The van der Waals surface area contributed by atoms with Crippen molar-refractivity contribution in [2.24, 2.45) is 5.73 Å². The van der Waals surface area contributed by atoms with Crippen LogP contribution >= 0.6 is 11.8 Å². The van der Waals surface area contributed by atoms with Crippen LogP contribution in [-0.2, 0) is 14.4 Å². The lowest BCUT2D eigenvalue weighted by atomic mass is 10.2. The average Bonchev–Trinajstić information content (AvgIpc) is 2.85. The third-order valence-electron chi connectivity index (χ3n) is 3.53. The van der Waals surface area contributed by atoms with Crippen LogP contribution in [0.4, 0.5) is 5.69 Å². The van der Waals surface area contributed by atoms with E-state index in [1.165, 1.54) is 14.2 Å². The van der Waals surface area contributed by atoms with Gasteiger partial charge in [0.1, 0.15) is 17.5 Å². The van der Waals surface area contributed by atoms with Gasteiger partial charge in [-0.2, -0.15) is 0 Å². The summed E-state index contributed by atoms with van der Waals surface area (Å²) in [5.41, 5.74) is 5.77. The molecule has 0 unspecified atom stereocenters. The van der Waals surface area contributed by atoms with Gasteiger partial charge in [-0.05, 0) is 12.1 Å². The van der Waals surface area contributed by atoms with E-state index in [0.717, 1.165) is 16.7 Å². The summed E-state index contributed by atoms with van der Waals surface area (Å²) in [4.78, 5) is 36.6. The minimum atomic E-state index is -1.15. The van der Waals surface area contributed by atoms with Gasteiger partial charge in [0.2, 0.25) is 11.8 Å². The highest BCUT2D eigenvalue weighted by atomic mass is 32.2. The molecule has 0 bridgehead atoms. The lowest BCUT2D eigenvalue weighted by molar-refractivity contribution is -0.138. The Morgan fingerprint density at radius 2 is 2.12 bits per heavy atom. The van der Waals surface area contributed by atoms with Crippen LogP contribution in [0.3, 0.4) is 0 Å². The van der Waals surface area contributed by atoms with Crippen molar-refractivity contribution >= 4 is 35.2 Å². The maximum atomic E-state index is 12.5. The molecule has 1 fully saturated rings. The lowest BCUT2D eigenvalue weighted by Crippen LogP contribution is -2.35. The number of methoxy groups -OCH3 is 2. The quantitative estimate of drug-likeness (QED) is 0.679. The summed E-state index contributed by atoms with van der Waals surface area (Å²) < 4.78 is 10.3. The van der Waals surface area contributed by atoms with Crippen molar-refractivity contribution in [2.75, 3.05) is 24.9 Å². The Kier molecular flexibility index (Phi) is 5.68. The van der Waals surface area contributed by atoms with Crippen LogP contribution in [0.1, 0.15) is 6.42 Å². The van der Waals surface area contributed by atoms with Crippen LogP contribution < -0.4 is 20.1 Å². The predicted octanol–water partition coefficient (Wildman–Crippen LogP) is 0.481. The van der Waals surface area contributed by atoms with Gasteiger partial charge in [-0.3, -0.25) is 14.4 Å². The van der Waals surface area contributed by atoms with E-state index in [9.17, 15) is 14.4 Å². The van der Waals surface area contributed by atoms with E-state index < -0.39 is 23.2 Å². The topological polar surface area (TPSA) is 119 Å². The van der Waals surface area contributed by atoms with Crippen molar-refractivity contribution in [1.29, 1.82) is 0 Å². The second kappa shape index (κ2) is 7.54. The molecule has 1 aliphatic heterocycles. The lowest BCUT2D eigenvalue weighted by Gasteiger charge is -2.18. The first kappa shape index (κ1) is 18.1. The number of anilines is 1. The van der Waals surface area contributed by atoms with Crippen LogP contribution in [0.2, 0.25) is 0 Å². The number of ether oxygens (including phenoxy) is 2. The molecule has 1 heterocycles. The fourth-order valence-electron chi connectivity index (χ4n) is 2.25. The molecule has 1 aliphatic rings. The van der Waals surface area contributed by atoms with Crippen LogP contribution in [0.5, 0.6) is 11.5 Å². The highest BCUT2D eigenvalue weighted by Gasteiger charge is 2.41. The van der Waals surface area contributed by atoms with E-state index in [0.29, 0.717) is 17.2 Å². The predicted molar refractivity (Wildman–Crippen MR) is 88.5 cm³/mol. The minimum absolute atomic E-state index is 0.00891. The van der Waals surface area contributed by atoms with E-state index in [4.69, 9.17) is 20.3 Å². The number of benzene rings is 1. The summed E-state index contributed by atoms with van der Waals surface area (Å²) in [6, 6.07) is 3.70. The number of carbonyl (C=O) groups is 3. The van der Waals surface area contributed by atoms with E-state index in [-0.39, 0.29) is 18.1 Å². The Labute approximate surface area is 142 Å². The maximum Gasteiger partial charge on any atom is 0.321 e. The van der Waals surface area contributed by atoms with Crippen molar-refractivity contribution in [1.82, 2.24) is 0 Å². The zero-order valence-corrected chi connectivity index (χ0v) is 14.0. The van der Waals surface area contributed by atoms with Crippen LogP contribution in [0, 0.1) is 0 Å². The van der Waals surface area contributed by atoms with Gasteiger partial charge >= 0.3 is 5.97 Å². The number of carboxylic acid groups (broad SMARTS) is 1. The fraction of sp³-hybridized carbons (Fsp3) is 0.400. The summed E-state index contributed by atoms with van der Waals surface area (Å²) in [5, 5.41) is 8.13. The van der Waals surface area contributed by atoms with Crippen molar-refractivity contribution in [2.45, 2.75) is 17.7 Å². The molecule has 0 radical (unpaired) electrons. The molecule has 0 saturated carbocycles. The highest BCUT2D eigenvalue weighted by Crippen LogP contribution is 2.37. The molecule has 1 aromatic rings. The van der Waals surface area contributed by atoms with E-state index in [1.54, 1.807) is 18.2 Å². The molecule has 24 heavy (non-hydrogen) atoms. The molecule has 0 aliphatic carbocycles. The number of carbonyl (C=O) groups excluding carboxylic acids is 2. The van der Waals surface area contributed by atoms with E-state index in [2.05, 4.69) is 0 Å². The van der Waals surface area contributed by atoms with Crippen molar-refractivity contribution in [3.8, 4) is 11.5 Å². The second-order valence-electron chi connectivity index (χ2n) is 5.08. The first-order valence-corrected chi connectivity index (χ1v) is 8.12. The molecule has 0 spiro atoms. The van der Waals surface area contributed by atoms with Gasteiger partial charge < -0.3 is 20.3 Å². The normalized spacial score (nSPS) is 18.6. The first-order chi connectivity index (χ1) is 11.4. The molecule has 1 aromatic carbocycles. The molecular formula is C15H18N2O6S. The van der Waals surface area contributed by atoms with Gasteiger partial charge in [-0.25, -0.2) is 4.90 Å². The third kappa shape index (κ3) is 3.62. The van der Waals surface area contributed by atoms with Crippen molar-refractivity contribution < 1.29 is 29.0 Å². The number of amides is 2. The van der Waals surface area contributed by atoms with Gasteiger partial charge in [-0.1, -0.05) is 0 Å². The van der Waals surface area contributed by atoms with Crippen molar-refractivity contribution in [3.05, 3.63) is 18.2 Å². The zero-order chi connectivity index (χ0) is 17.9. The second-order valence-corrected chi connectivity index (χ2v) is 6.31. The number of thioether (sulfide) groups is 1. The van der Waals surface area contributed by atoms with Crippen LogP contribution in [0.25, 0.3) is 0 Å². The average molecular weight is 354 g/mol. The summed E-state index contributed by atoms with van der Waals surface area (Å²) in [6.07, 6.45) is -0.00891. The number of hydrogen-bond acceptors (Lipinski definition) is 7. The minimum Gasteiger partial charge on any atom is -0.497 e. The summed E-state index contributed by atoms with van der Waals surface area (Å²) in [7, 11) is 2.93. The molecule has 9 heteroatoms. The van der Waals surface area contributed by atoms with Crippen molar-refractivity contribution in [3.63, 3.8) is 0 Å². The fourth-order valence-corrected chi connectivity index (χ4v) is 3.34. The largest absolute Gasteiger partial charge is 0.497 e. The highest BCUT2D eigenvalue weighted by molar-refractivity contribution is 8.00. The monoisotopic (exact) mass is 354 g/mol. The maximum absolute atomic E-state index is 12.5. The molecular weight excluding hydrogens is 336 g/mol. The molecule has 130 valence electrons. The molecule has 2 amide bonds. The number of imide groups is 1. The van der Waals surface area contributed by atoms with Crippen LogP contribution in [-0.4, -0.2) is 54.2 Å². The summed E-state index contributed by atoms with van der Waals surface area (Å²) >= 11 is 1.07. The number of nitrogens with two attached hydrogens (primary N) is 1. The number of nitrogens with zero attached hydrogens (tertiary/aromatic N) is 1. The van der Waals surface area contributed by atoms with E-state index in [1.807, 2.05) is 0 Å². The molecule has 2 atom stereocenters. The molecule has 1 saturated heterocycles. The number of aliphatic carboxylic acids is 1. The smallest absolute Gasteiger partial charge is 0.321 e. The molecule has 0 aromatic heterocycles. The molecule has 8 nitrogen and oxygen atoms in total. The van der Waals surface area contributed by atoms with E-state index >= 15 is 0 Å². The van der Waals surface area contributed by atoms with Gasteiger partial charge in [-0.15, -0.1) is 11.8 Å². The Hall–Kier alpha value is -2.26. The Morgan fingerprint density at radius 3 is 2.71 bits per heavy atom. The first-order valence-electron chi connectivity index (χ1n) is 7.07. The van der Waals surface area contributed by atoms with Gasteiger partial charge in [0, 0.05) is 18.2 Å². The van der Waals surface area contributed by atoms with Gasteiger partial charge in [0.15, 0.2) is 0 Å². The SMILES string of the molecule is COc1ccc(N2C(=O)C[C@H](SC[C@H](N)C(=O)O)C2=O)c(OC)c1. The standard InChI is InChI=1S/C15H18N2O6S/c1-22-8-3-4-10(11(5-8)23-2)17-13(18)6-12(14(17)19)24-7-9(16)15(20)21/h3-5,9,12H,6-7,16H2,1-2H3,(H,20,21)/t9-,12-/m0/s1. The number of rotatable bonds is 7. The Balaban J connectivity index is 2.19. The Bertz CT molecular complexity index is 665. The summed E-state index contributed by atoms with van der Waals surface area (Å²) in [6.45, 7) is 0.